The summed E-state index contributed by atoms with van der Waals surface area (Å²) in [5.41, 5.74) is -1.76. The van der Waals surface area contributed by atoms with Crippen LogP contribution in [-0.2, 0) is 11.3 Å². The van der Waals surface area contributed by atoms with Gasteiger partial charge in [0.2, 0.25) is 0 Å². The molecule has 0 bridgehead atoms. The van der Waals surface area contributed by atoms with Crippen molar-refractivity contribution >= 4 is 6.03 Å². The molecule has 19 heavy (non-hydrogen) atoms. The Labute approximate surface area is 106 Å². The number of alkyl halides is 3. The van der Waals surface area contributed by atoms with Crippen LogP contribution >= 0.6 is 0 Å². The van der Waals surface area contributed by atoms with Crippen LogP contribution in [0.1, 0.15) is 5.69 Å². The van der Waals surface area contributed by atoms with Crippen LogP contribution in [0.2, 0.25) is 0 Å². The maximum absolute atomic E-state index is 12.7. The van der Waals surface area contributed by atoms with Gasteiger partial charge in [-0.05, 0) is 0 Å². The Morgan fingerprint density at radius 3 is 2.79 bits per heavy atom. The van der Waals surface area contributed by atoms with Crippen molar-refractivity contribution < 1.29 is 27.2 Å². The summed E-state index contributed by atoms with van der Waals surface area (Å²) in [5.74, 6) is 0. The van der Waals surface area contributed by atoms with Gasteiger partial charge in [0.25, 0.3) is 0 Å². The summed E-state index contributed by atoms with van der Waals surface area (Å²) in [6.45, 7) is -0.937. The summed E-state index contributed by atoms with van der Waals surface area (Å²) >= 11 is 0. The highest BCUT2D eigenvalue weighted by molar-refractivity contribution is 5.75. The molecule has 6 nitrogen and oxygen atoms in total. The largest absolute Gasteiger partial charge is 0.420 e. The minimum Gasteiger partial charge on any atom is -0.365 e. The normalized spacial score (nSPS) is 18.0. The predicted molar refractivity (Wildman–Crippen MR) is 56.1 cm³/mol. The molecule has 1 saturated heterocycles. The average molecular weight is 279 g/mol. The Morgan fingerprint density at radius 1 is 1.63 bits per heavy atom. The van der Waals surface area contributed by atoms with Crippen LogP contribution in [0.5, 0.6) is 0 Å². The molecule has 1 aromatic heterocycles. The molecule has 0 spiro atoms. The molecule has 1 N–H and O–H groups in total. The second-order valence-corrected chi connectivity index (χ2v) is 4.20. The zero-order chi connectivity index (χ0) is 14.1. The number of halogens is 3. The molecule has 1 aliphatic rings. The number of urea groups is 1. The van der Waals surface area contributed by atoms with Gasteiger partial charge in [-0.15, -0.1) is 0 Å². The number of nitrogens with one attached hydrogen (secondary N) is 1. The quantitative estimate of drug-likeness (QED) is 0.901. The Hall–Kier alpha value is -1.77. The van der Waals surface area contributed by atoms with E-state index < -0.39 is 30.9 Å². The first-order valence-electron chi connectivity index (χ1n) is 5.42. The first-order chi connectivity index (χ1) is 8.88. The second-order valence-electron chi connectivity index (χ2n) is 4.20. The van der Waals surface area contributed by atoms with E-state index in [1.54, 1.807) is 6.07 Å². The molecule has 2 rings (SSSR count). The van der Waals surface area contributed by atoms with Gasteiger partial charge in [0, 0.05) is 13.2 Å². The number of nitrogens with zero attached hydrogens (tertiary/aromatic N) is 2. The van der Waals surface area contributed by atoms with Crippen molar-refractivity contribution in [3.63, 3.8) is 0 Å². The molecular formula is C10H12F3N3O3. The third kappa shape index (κ3) is 2.50. The second kappa shape index (κ2) is 4.72. The van der Waals surface area contributed by atoms with Gasteiger partial charge in [-0.1, -0.05) is 5.16 Å². The molecule has 1 aromatic rings. The molecule has 2 heterocycles. The molecule has 0 saturated carbocycles. The summed E-state index contributed by atoms with van der Waals surface area (Å²) in [4.78, 5) is 12.6. The zero-order valence-corrected chi connectivity index (χ0v) is 10.0. The van der Waals surface area contributed by atoms with Crippen LogP contribution < -0.4 is 5.32 Å². The molecule has 0 aromatic carbocycles. The fourth-order valence-corrected chi connectivity index (χ4v) is 1.74. The lowest BCUT2D eigenvalue weighted by Crippen LogP contribution is -2.72. The zero-order valence-electron chi connectivity index (χ0n) is 10.0. The Bertz CT molecular complexity index is 441. The highest BCUT2D eigenvalue weighted by atomic mass is 19.4. The van der Waals surface area contributed by atoms with Crippen LogP contribution in [0, 0.1) is 0 Å². The molecular weight excluding hydrogens is 267 g/mol. The van der Waals surface area contributed by atoms with E-state index in [1.807, 2.05) is 0 Å². The first-order valence-corrected chi connectivity index (χ1v) is 5.42. The Morgan fingerprint density at radius 2 is 2.32 bits per heavy atom. The summed E-state index contributed by atoms with van der Waals surface area (Å²) < 4.78 is 47.1. The lowest BCUT2D eigenvalue weighted by atomic mass is 9.93. The maximum atomic E-state index is 12.7. The topological polar surface area (TPSA) is 67.6 Å². The van der Waals surface area contributed by atoms with Crippen LogP contribution in [0.4, 0.5) is 18.0 Å². The number of hydrogen-bond donors (Lipinski definition) is 1. The number of aromatic nitrogens is 1. The highest BCUT2D eigenvalue weighted by Crippen LogP contribution is 2.40. The number of carbonyl (C=O) groups is 1. The Kier molecular flexibility index (Phi) is 3.40. The number of carbonyl (C=O) groups excluding carboxylic acids is 1. The highest BCUT2D eigenvalue weighted by Gasteiger charge is 2.63. The third-order valence-corrected chi connectivity index (χ3v) is 3.00. The van der Waals surface area contributed by atoms with Crippen LogP contribution in [0.25, 0.3) is 0 Å². The fourth-order valence-electron chi connectivity index (χ4n) is 1.74. The molecule has 0 aliphatic carbocycles. The number of rotatable bonds is 3. The molecule has 9 heteroatoms. The van der Waals surface area contributed by atoms with Gasteiger partial charge in [0.05, 0.1) is 19.6 Å². The number of amides is 2. The maximum Gasteiger partial charge on any atom is 0.420 e. The molecule has 1 aliphatic heterocycles. The van der Waals surface area contributed by atoms with E-state index in [9.17, 15) is 18.0 Å². The molecule has 0 atom stereocenters. The van der Waals surface area contributed by atoms with Crippen LogP contribution in [-0.4, -0.2) is 48.1 Å². The van der Waals surface area contributed by atoms with Crippen LogP contribution in [0.15, 0.2) is 16.9 Å². The minimum atomic E-state index is -4.50. The molecule has 106 valence electrons. The van der Waals surface area contributed by atoms with Gasteiger partial charge >= 0.3 is 12.2 Å². The lowest BCUT2D eigenvalue weighted by Gasteiger charge is -2.49. The van der Waals surface area contributed by atoms with Crippen molar-refractivity contribution in [3.05, 3.63) is 18.0 Å². The lowest BCUT2D eigenvalue weighted by molar-refractivity contribution is -0.303. The van der Waals surface area contributed by atoms with Gasteiger partial charge in [-0.25, -0.2) is 4.79 Å². The van der Waals surface area contributed by atoms with Crippen molar-refractivity contribution in [2.24, 2.45) is 0 Å². The van der Waals surface area contributed by atoms with Crippen molar-refractivity contribution in [2.45, 2.75) is 18.3 Å². The van der Waals surface area contributed by atoms with E-state index in [0.717, 1.165) is 12.0 Å². The van der Waals surface area contributed by atoms with E-state index in [4.69, 9.17) is 0 Å². The van der Waals surface area contributed by atoms with Crippen molar-refractivity contribution in [2.75, 3.05) is 20.2 Å². The van der Waals surface area contributed by atoms with E-state index in [1.165, 1.54) is 6.26 Å². The van der Waals surface area contributed by atoms with Crippen molar-refractivity contribution in [3.8, 4) is 0 Å². The predicted octanol–water partition coefficient (Wildman–Crippen LogP) is 1.15. The van der Waals surface area contributed by atoms with Gasteiger partial charge < -0.3 is 19.5 Å². The number of likely N-dealkylation sites (tertiary alicyclic amines) is 1. The molecule has 0 unspecified atom stereocenters. The van der Waals surface area contributed by atoms with E-state index in [0.29, 0.717) is 5.69 Å². The SMILES string of the molecule is COC1(C(F)(F)F)CN(C(=O)NCc2ccon2)C1. The van der Waals surface area contributed by atoms with E-state index in [2.05, 4.69) is 19.7 Å². The van der Waals surface area contributed by atoms with Gasteiger partial charge in [0.1, 0.15) is 12.0 Å². The van der Waals surface area contributed by atoms with Crippen molar-refractivity contribution in [1.82, 2.24) is 15.4 Å². The van der Waals surface area contributed by atoms with E-state index >= 15 is 0 Å². The van der Waals surface area contributed by atoms with E-state index in [-0.39, 0.29) is 6.54 Å². The number of methoxy groups -OCH3 is 1. The average Bonchev–Trinajstić information content (AvgIpc) is 2.76. The smallest absolute Gasteiger partial charge is 0.365 e. The monoisotopic (exact) mass is 279 g/mol. The Balaban J connectivity index is 1.84. The standard InChI is InChI=1S/C10H12F3N3O3/c1-18-9(10(11,12)13)5-16(6-9)8(17)14-4-7-2-3-19-15-7/h2-3H,4-6H2,1H3,(H,14,17). The summed E-state index contributed by atoms with van der Waals surface area (Å²) in [5, 5.41) is 6.00. The molecule has 2 amide bonds. The fraction of sp³-hybridized carbons (Fsp3) is 0.600. The first kappa shape index (κ1) is 13.7. The van der Waals surface area contributed by atoms with Gasteiger partial charge in [-0.3, -0.25) is 0 Å². The summed E-state index contributed by atoms with van der Waals surface area (Å²) in [6.07, 6.45) is -3.16. The van der Waals surface area contributed by atoms with Gasteiger partial charge in [-0.2, -0.15) is 13.2 Å². The molecule has 0 radical (unpaired) electrons. The molecule has 1 fully saturated rings. The number of hydrogen-bond acceptors (Lipinski definition) is 4. The third-order valence-electron chi connectivity index (χ3n) is 3.00. The van der Waals surface area contributed by atoms with Gasteiger partial charge in [0.15, 0.2) is 5.60 Å². The summed E-state index contributed by atoms with van der Waals surface area (Å²) in [6, 6.07) is 0.950. The summed E-state index contributed by atoms with van der Waals surface area (Å²) in [7, 11) is 0.984. The minimum absolute atomic E-state index is 0.0951. The number of ether oxygens (including phenoxy) is 1. The van der Waals surface area contributed by atoms with Crippen molar-refractivity contribution in [1.29, 1.82) is 0 Å². The van der Waals surface area contributed by atoms with Crippen LogP contribution in [0.3, 0.4) is 0 Å².